The third kappa shape index (κ3) is 29.7. The van der Waals surface area contributed by atoms with Crippen LogP contribution in [0.15, 0.2) is 30.3 Å². The molecule has 0 bridgehead atoms. The minimum absolute atomic E-state index is 0. The minimum Gasteiger partial charge on any atom is -0.464 e. The monoisotopic (exact) mass is 1010 g/mol. The van der Waals surface area contributed by atoms with Crippen LogP contribution in [0.1, 0.15) is 83.6 Å². The van der Waals surface area contributed by atoms with Crippen molar-refractivity contribution in [3.05, 3.63) is 42.9 Å². The molecule has 63 heavy (non-hydrogen) atoms. The van der Waals surface area contributed by atoms with Gasteiger partial charge in [0.05, 0.1) is 57.3 Å². The quantitative estimate of drug-likeness (QED) is 0.00892. The molecular formula is C44H75F2IN9NaO6. The Morgan fingerprint density at radius 3 is 1.86 bits per heavy atom. The first-order valence-corrected chi connectivity index (χ1v) is 23.5. The molecule has 3 unspecified atom stereocenters. The fraction of sp³-hybridized carbons (Fsp3) is 0.705. The van der Waals surface area contributed by atoms with Crippen LogP contribution in [0.4, 0.5) is 8.78 Å². The Morgan fingerprint density at radius 2 is 1.25 bits per heavy atom. The summed E-state index contributed by atoms with van der Waals surface area (Å²) in [5.41, 5.74) is 18.3. The van der Waals surface area contributed by atoms with Gasteiger partial charge in [-0.3, -0.25) is 35.8 Å². The van der Waals surface area contributed by atoms with E-state index < -0.39 is 42.6 Å². The first-order valence-electron chi connectivity index (χ1n) is 22.0. The molecular weight excluding hydrogens is 938 g/mol. The number of Topliss-reactive ketones (excluding diaryl/α,β-unsaturated/α-hetero) is 6. The maximum atomic E-state index is 15.0. The van der Waals surface area contributed by atoms with Crippen LogP contribution in [0.25, 0.3) is 0 Å². The van der Waals surface area contributed by atoms with E-state index in [1.807, 2.05) is 66.8 Å². The molecule has 0 fully saturated rings. The molecule has 12 N–H and O–H groups in total. The fourth-order valence-corrected chi connectivity index (χ4v) is 7.04. The first kappa shape index (κ1) is 61.5. The zero-order chi connectivity index (χ0) is 46.3. The van der Waals surface area contributed by atoms with E-state index in [2.05, 4.69) is 38.9 Å². The molecule has 0 radical (unpaired) electrons. The van der Waals surface area contributed by atoms with Crippen molar-refractivity contribution >= 4 is 57.3 Å². The summed E-state index contributed by atoms with van der Waals surface area (Å²) in [5.74, 6) is -1.51. The predicted octanol–water partition coefficient (Wildman–Crippen LogP) is -1.64. The topological polar surface area (TPSA) is 253 Å². The minimum atomic E-state index is -1.38. The van der Waals surface area contributed by atoms with E-state index in [9.17, 15) is 37.5 Å². The normalized spacial score (nSPS) is 14.8. The average molecular weight is 1010 g/mol. The maximum Gasteiger partial charge on any atom is 1.00 e. The molecule has 0 saturated carbocycles. The van der Waals surface area contributed by atoms with Crippen LogP contribution in [-0.4, -0.2) is 141 Å². The van der Waals surface area contributed by atoms with Gasteiger partial charge in [0.15, 0.2) is 28.9 Å². The zero-order valence-electron chi connectivity index (χ0n) is 37.9. The van der Waals surface area contributed by atoms with Crippen molar-refractivity contribution in [1.29, 1.82) is 0 Å². The van der Waals surface area contributed by atoms with Crippen molar-refractivity contribution in [3.8, 4) is 0 Å². The summed E-state index contributed by atoms with van der Waals surface area (Å²) in [6.07, 6.45) is 1.46. The standard InChI is InChI=1S/C44H75F2IN9O6.Na/c1-30(2)17-39(44(62)29-56-40(18-31-11-5-4-6-12-31)43(61)28-53-25-35(57)20-32(45)22-47)55-27-36(58)26-52-23-33(46)19-34(50)24-54-38(14-8-10-16-49)42(60)21-41(59)37(51-3)13-7-9-15-48;/h4-6,11-12,30,32-34,37-40,51-56H,3,7-10,13-29,48-50H2,1-2H3;/q-1;+1/t32?,33?,34?,37-,38-,39-,40-;/m0./s1. The molecule has 0 spiro atoms. The number of benzene rings is 1. The number of carbonyl (C=O) groups excluding carboxylic acids is 6. The molecule has 19 heteroatoms. The molecule has 0 aliphatic heterocycles. The number of unbranched alkanes of at least 4 members (excludes halogenated alkanes) is 2. The van der Waals surface area contributed by atoms with Gasteiger partial charge in [0, 0.05) is 36.0 Å². The van der Waals surface area contributed by atoms with Gasteiger partial charge in [0.2, 0.25) is 0 Å². The smallest absolute Gasteiger partial charge is 0.464 e. The summed E-state index contributed by atoms with van der Waals surface area (Å²) < 4.78 is 28.8. The van der Waals surface area contributed by atoms with Gasteiger partial charge in [-0.25, -0.2) is 8.78 Å². The van der Waals surface area contributed by atoms with Crippen LogP contribution in [0.3, 0.4) is 0 Å². The van der Waals surface area contributed by atoms with Gasteiger partial charge >= 0.3 is 29.6 Å². The van der Waals surface area contributed by atoms with E-state index in [-0.39, 0.29) is 140 Å². The van der Waals surface area contributed by atoms with Crippen LogP contribution in [0.5, 0.6) is 0 Å². The van der Waals surface area contributed by atoms with Gasteiger partial charge in [-0.15, -0.1) is 0 Å². The summed E-state index contributed by atoms with van der Waals surface area (Å²) in [7, 11) is 3.63. The van der Waals surface area contributed by atoms with Crippen molar-refractivity contribution < 1.29 is 67.1 Å². The van der Waals surface area contributed by atoms with Gasteiger partial charge in [0.1, 0.15) is 18.1 Å². The molecule has 7 atom stereocenters. The largest absolute Gasteiger partial charge is 1.00 e. The number of ketones is 6. The van der Waals surface area contributed by atoms with Crippen LogP contribution in [0.2, 0.25) is 0 Å². The van der Waals surface area contributed by atoms with Crippen molar-refractivity contribution in [3.63, 3.8) is 0 Å². The summed E-state index contributed by atoms with van der Waals surface area (Å²) in [6.45, 7) is 4.17. The molecule has 0 amide bonds. The Hall–Kier alpha value is -1.53. The SMILES string of the molecule is [CH2-]N[C@@H](CCCCN)C(=O)CC(=O)[C@H](CCCCN)NCC(N)CC(F)CNCC(=O)CN[C@@H](CC(C)C)C(=O)CN[C@@H](Cc1ccccc1)C(=O)CNCC(=O)CC(F)CI.[Na+]. The van der Waals surface area contributed by atoms with Crippen LogP contribution >= 0.6 is 22.6 Å². The number of nitrogens with two attached hydrogens (primary N) is 3. The molecule has 1 aromatic carbocycles. The van der Waals surface area contributed by atoms with Crippen molar-refractivity contribution in [2.45, 2.75) is 127 Å². The Bertz CT molecular complexity index is 1460. The van der Waals surface area contributed by atoms with Crippen LogP contribution in [0, 0.1) is 13.0 Å². The number of halogens is 3. The Balaban J connectivity index is 0.0000384. The Labute approximate surface area is 410 Å². The second-order valence-corrected chi connectivity index (χ2v) is 17.3. The summed E-state index contributed by atoms with van der Waals surface area (Å²) in [6, 6.07) is 6.04. The van der Waals surface area contributed by atoms with Crippen LogP contribution < -0.4 is 78.7 Å². The van der Waals surface area contributed by atoms with E-state index in [0.29, 0.717) is 51.6 Å². The van der Waals surface area contributed by atoms with Gasteiger partial charge in [0.25, 0.3) is 0 Å². The molecule has 354 valence electrons. The maximum absolute atomic E-state index is 15.0. The van der Waals surface area contributed by atoms with Gasteiger partial charge in [-0.05, 0) is 69.5 Å². The number of rotatable bonds is 41. The molecule has 0 aromatic heterocycles. The molecule has 0 aliphatic rings. The number of carbonyl (C=O) groups is 6. The van der Waals surface area contributed by atoms with Crippen molar-refractivity contribution in [2.24, 2.45) is 23.1 Å². The fourth-order valence-electron chi connectivity index (χ4n) is 6.73. The van der Waals surface area contributed by atoms with Gasteiger partial charge in [-0.2, -0.15) is 0 Å². The van der Waals surface area contributed by atoms with Crippen molar-refractivity contribution in [1.82, 2.24) is 31.9 Å². The average Bonchev–Trinajstić information content (AvgIpc) is 3.23. The Kier molecular flexibility index (Phi) is 36.6. The number of nitrogens with one attached hydrogen (secondary N) is 6. The van der Waals surface area contributed by atoms with E-state index in [1.54, 1.807) is 0 Å². The Morgan fingerprint density at radius 1 is 0.667 bits per heavy atom. The summed E-state index contributed by atoms with van der Waals surface area (Å²) in [5, 5.41) is 17.6. The van der Waals surface area contributed by atoms with E-state index in [4.69, 9.17) is 17.2 Å². The molecule has 0 heterocycles. The number of hydrogen-bond donors (Lipinski definition) is 9. The van der Waals surface area contributed by atoms with E-state index in [1.165, 1.54) is 0 Å². The van der Waals surface area contributed by atoms with Gasteiger partial charge in [-0.1, -0.05) is 79.6 Å². The third-order valence-corrected chi connectivity index (χ3v) is 11.2. The number of alkyl halides is 3. The summed E-state index contributed by atoms with van der Waals surface area (Å²) in [4.78, 5) is 77.6. The number of hydrogen-bond acceptors (Lipinski definition) is 15. The molecule has 0 saturated heterocycles. The first-order chi connectivity index (χ1) is 29.6. The second-order valence-electron chi connectivity index (χ2n) is 16.4. The summed E-state index contributed by atoms with van der Waals surface area (Å²) >= 11 is 1.87. The molecule has 15 nitrogen and oxygen atoms in total. The third-order valence-electron chi connectivity index (χ3n) is 10.2. The van der Waals surface area contributed by atoms with Gasteiger partial charge < -0.3 is 49.1 Å². The second kappa shape index (κ2) is 37.5. The predicted molar refractivity (Wildman–Crippen MR) is 249 cm³/mol. The molecule has 1 rings (SSSR count). The van der Waals surface area contributed by atoms with Crippen LogP contribution in [-0.2, 0) is 35.2 Å². The molecule has 0 aliphatic carbocycles. The van der Waals surface area contributed by atoms with E-state index >= 15 is 0 Å². The van der Waals surface area contributed by atoms with E-state index in [0.717, 1.165) is 18.4 Å². The molecule has 1 aromatic rings. The zero-order valence-corrected chi connectivity index (χ0v) is 42.0. The van der Waals surface area contributed by atoms with Crippen molar-refractivity contribution in [2.75, 3.05) is 63.3 Å².